The highest BCUT2D eigenvalue weighted by molar-refractivity contribution is 6.30. The van der Waals surface area contributed by atoms with Crippen LogP contribution in [0.2, 0.25) is 5.02 Å². The zero-order valence-electron chi connectivity index (χ0n) is 27.3. The number of benzene rings is 1. The molecule has 3 aliphatic rings. The van der Waals surface area contributed by atoms with E-state index in [4.69, 9.17) is 21.4 Å². The first-order valence-corrected chi connectivity index (χ1v) is 17.4. The lowest BCUT2D eigenvalue weighted by Crippen LogP contribution is -2.52. The maximum absolute atomic E-state index is 15.0. The molecule has 5 rings (SSSR count). The van der Waals surface area contributed by atoms with Gasteiger partial charge in [0.2, 0.25) is 11.9 Å². The lowest BCUT2D eigenvalue weighted by Gasteiger charge is -2.34. The predicted octanol–water partition coefficient (Wildman–Crippen LogP) is 1.68. The van der Waals surface area contributed by atoms with Gasteiger partial charge in [-0.25, -0.2) is 14.4 Å². The summed E-state index contributed by atoms with van der Waals surface area (Å²) in [5.74, 6) is 1.14. The molecule has 1 amide bonds. The summed E-state index contributed by atoms with van der Waals surface area (Å²) in [5.41, 5.74) is 0.133. The van der Waals surface area contributed by atoms with Crippen LogP contribution in [0, 0.1) is 17.2 Å². The van der Waals surface area contributed by atoms with Crippen LogP contribution in [0.5, 0.6) is 5.75 Å². The third-order valence-electron chi connectivity index (χ3n) is 10.4. The first-order chi connectivity index (χ1) is 23.1. The molecule has 3 heterocycles. The van der Waals surface area contributed by atoms with Crippen LogP contribution in [0.1, 0.15) is 56.9 Å². The number of hydrogen-bond acceptors (Lipinski definition) is 11. The van der Waals surface area contributed by atoms with Crippen molar-refractivity contribution >= 4 is 23.5 Å². The number of likely N-dealkylation sites (tertiary alicyclic amines) is 1. The number of hydrogen-bond donors (Lipinski definition) is 6. The summed E-state index contributed by atoms with van der Waals surface area (Å²) in [6.45, 7) is 2.61. The minimum atomic E-state index is -1.68. The van der Waals surface area contributed by atoms with Gasteiger partial charge >= 0.3 is 0 Å². The second-order valence-corrected chi connectivity index (χ2v) is 14.1. The fourth-order valence-electron chi connectivity index (χ4n) is 7.49. The zero-order chi connectivity index (χ0) is 34.3. The van der Waals surface area contributed by atoms with E-state index in [-0.39, 0.29) is 30.3 Å². The van der Waals surface area contributed by atoms with E-state index in [0.717, 1.165) is 64.5 Å². The number of aromatic nitrogens is 2. The van der Waals surface area contributed by atoms with Crippen LogP contribution < -0.4 is 15.0 Å². The smallest absolute Gasteiger partial charge is 0.227 e. The molecule has 1 aliphatic carbocycles. The van der Waals surface area contributed by atoms with E-state index in [0.29, 0.717) is 47.9 Å². The second-order valence-electron chi connectivity index (χ2n) is 13.6. The van der Waals surface area contributed by atoms with E-state index in [1.807, 2.05) is 0 Å². The van der Waals surface area contributed by atoms with Crippen LogP contribution in [0.3, 0.4) is 0 Å². The molecule has 2 aromatic rings. The van der Waals surface area contributed by atoms with E-state index in [2.05, 4.69) is 20.2 Å². The van der Waals surface area contributed by atoms with E-state index in [9.17, 15) is 25.2 Å². The quantitative estimate of drug-likeness (QED) is 0.150. The van der Waals surface area contributed by atoms with E-state index in [1.165, 1.54) is 6.07 Å². The van der Waals surface area contributed by atoms with Gasteiger partial charge in [-0.3, -0.25) is 4.79 Å². The number of aliphatic hydroxyl groups excluding tert-OH is 5. The molecule has 1 saturated carbocycles. The molecular formula is C34H49ClFN5O7. The Morgan fingerprint density at radius 2 is 1.79 bits per heavy atom. The number of amides is 1. The van der Waals surface area contributed by atoms with Crippen molar-refractivity contribution < 1.29 is 39.5 Å². The number of nitrogens with one attached hydrogen (secondary N) is 1. The van der Waals surface area contributed by atoms with Crippen LogP contribution in [0.25, 0.3) is 0 Å². The Labute approximate surface area is 285 Å². The van der Waals surface area contributed by atoms with Gasteiger partial charge in [0.25, 0.3) is 0 Å². The Morgan fingerprint density at radius 3 is 2.50 bits per heavy atom. The molecule has 0 radical (unpaired) electrons. The number of nitrogens with zero attached hydrogens (tertiary/aromatic N) is 4. The van der Waals surface area contributed by atoms with Gasteiger partial charge in [-0.05, 0) is 62.5 Å². The summed E-state index contributed by atoms with van der Waals surface area (Å²) in [4.78, 5) is 25.8. The van der Waals surface area contributed by atoms with Gasteiger partial charge in [0, 0.05) is 50.2 Å². The monoisotopic (exact) mass is 693 g/mol. The van der Waals surface area contributed by atoms with Crippen molar-refractivity contribution in [2.24, 2.45) is 11.3 Å². The lowest BCUT2D eigenvalue weighted by molar-refractivity contribution is -0.130. The summed E-state index contributed by atoms with van der Waals surface area (Å²) < 4.78 is 20.9. The molecule has 2 saturated heterocycles. The fourth-order valence-corrected chi connectivity index (χ4v) is 7.59. The third-order valence-corrected chi connectivity index (χ3v) is 10.6. The molecule has 1 spiro atoms. The Hall–Kier alpha value is -2.65. The molecule has 14 heteroatoms. The van der Waals surface area contributed by atoms with Gasteiger partial charge in [-0.1, -0.05) is 24.1 Å². The van der Waals surface area contributed by atoms with Gasteiger partial charge in [0.1, 0.15) is 29.9 Å². The minimum Gasteiger partial charge on any atom is -0.493 e. The second kappa shape index (κ2) is 16.8. The van der Waals surface area contributed by atoms with Crippen molar-refractivity contribution in [2.75, 3.05) is 50.8 Å². The van der Waals surface area contributed by atoms with Crippen molar-refractivity contribution in [3.63, 3.8) is 0 Å². The average Bonchev–Trinajstić information content (AvgIpc) is 3.72. The third kappa shape index (κ3) is 9.12. The number of aliphatic hydroxyl groups is 5. The molecule has 12 nitrogen and oxygen atoms in total. The molecule has 2 aliphatic heterocycles. The number of piperidine rings is 1. The largest absolute Gasteiger partial charge is 0.493 e. The Bertz CT molecular complexity index is 1340. The topological polar surface area (TPSA) is 172 Å². The molecule has 1 aromatic carbocycles. The minimum absolute atomic E-state index is 0.0120. The van der Waals surface area contributed by atoms with Crippen LogP contribution in [-0.4, -0.2) is 123 Å². The molecule has 6 atom stereocenters. The molecule has 266 valence electrons. The van der Waals surface area contributed by atoms with Crippen LogP contribution in [0.4, 0.5) is 10.3 Å². The number of ether oxygens (including phenoxy) is 1. The molecule has 3 fully saturated rings. The maximum Gasteiger partial charge on any atom is 0.227 e. The average molecular weight is 694 g/mol. The molecule has 48 heavy (non-hydrogen) atoms. The van der Waals surface area contributed by atoms with Crippen molar-refractivity contribution in [3.8, 4) is 5.75 Å². The molecular weight excluding hydrogens is 645 g/mol. The number of carbonyl (C=O) groups excluding carboxylic acids is 1. The fraction of sp³-hybridized carbons (Fsp3) is 0.676. The molecule has 2 unspecified atom stereocenters. The molecule has 6 N–H and O–H groups in total. The van der Waals surface area contributed by atoms with Crippen molar-refractivity contribution in [2.45, 2.75) is 88.2 Å². The predicted molar refractivity (Wildman–Crippen MR) is 177 cm³/mol. The van der Waals surface area contributed by atoms with Gasteiger partial charge in [-0.2, -0.15) is 0 Å². The Balaban J connectivity index is 1.02. The van der Waals surface area contributed by atoms with Crippen LogP contribution >= 0.6 is 11.6 Å². The highest BCUT2D eigenvalue weighted by Crippen LogP contribution is 2.45. The van der Waals surface area contributed by atoms with Crippen molar-refractivity contribution in [3.05, 3.63) is 47.0 Å². The maximum atomic E-state index is 15.0. The number of rotatable bonds is 15. The summed E-state index contributed by atoms with van der Waals surface area (Å²) in [5, 5.41) is 52.8. The van der Waals surface area contributed by atoms with Crippen LogP contribution in [-0.2, 0) is 11.2 Å². The van der Waals surface area contributed by atoms with Gasteiger partial charge in [-0.15, -0.1) is 0 Å². The van der Waals surface area contributed by atoms with Crippen molar-refractivity contribution in [1.82, 2.24) is 20.2 Å². The summed E-state index contributed by atoms with van der Waals surface area (Å²) in [6.07, 6.45) is 4.41. The summed E-state index contributed by atoms with van der Waals surface area (Å²) >= 11 is 5.89. The Kier molecular flexibility index (Phi) is 12.8. The van der Waals surface area contributed by atoms with Gasteiger partial charge in [0.05, 0.1) is 43.2 Å². The molecule has 0 bridgehead atoms. The summed E-state index contributed by atoms with van der Waals surface area (Å²) in [7, 11) is 0. The lowest BCUT2D eigenvalue weighted by atomic mass is 9.81. The number of anilines is 1. The van der Waals surface area contributed by atoms with Crippen molar-refractivity contribution in [1.29, 1.82) is 0 Å². The first-order valence-electron chi connectivity index (χ1n) is 17.1. The van der Waals surface area contributed by atoms with E-state index >= 15 is 4.39 Å². The first kappa shape index (κ1) is 36.6. The Morgan fingerprint density at radius 1 is 1.06 bits per heavy atom. The van der Waals surface area contributed by atoms with E-state index < -0.39 is 36.8 Å². The highest BCUT2D eigenvalue weighted by Gasteiger charge is 2.48. The van der Waals surface area contributed by atoms with Crippen LogP contribution in [0.15, 0.2) is 30.6 Å². The number of halogens is 2. The molecule has 1 aromatic heterocycles. The standard InChI is InChI=1S/C34H49ClFN5O7/c35-24-17-38-33(39-18-24)40-11-7-22(8-12-40)3-2-14-48-25-6-5-23(26(36)16-25)15-30(45)41-13-10-34(21-41)9-1-4-29(34)37-19-27(43)31(46)32(47)28(44)20-42/h5-6,16-18,22,27-29,31-32,37,42-44,46-47H,1-4,7-15,19-21H2/t27-,28+,29?,31+,32+,34?/m0/s1. The van der Waals surface area contributed by atoms with Gasteiger partial charge in [0.15, 0.2) is 0 Å². The van der Waals surface area contributed by atoms with Gasteiger partial charge < -0.3 is 45.4 Å². The SMILES string of the molecule is O=C(Cc1ccc(OCCCC2CCN(c3ncc(Cl)cn3)CC2)cc1F)N1CCC2(CCCC2NC[C@H](O)[C@@H](O)[C@H](O)[C@H](O)CO)C1. The summed E-state index contributed by atoms with van der Waals surface area (Å²) in [6, 6.07) is 4.68. The zero-order valence-corrected chi connectivity index (χ0v) is 28.0. The highest BCUT2D eigenvalue weighted by atomic mass is 35.5. The van der Waals surface area contributed by atoms with E-state index in [1.54, 1.807) is 29.4 Å². The normalized spacial score (nSPS) is 24.2. The number of carbonyl (C=O) groups is 1.